The summed E-state index contributed by atoms with van der Waals surface area (Å²) < 4.78 is 23.3. The van der Waals surface area contributed by atoms with Gasteiger partial charge in [-0.1, -0.05) is 11.6 Å². The smallest absolute Gasteiger partial charge is 0.142 e. The summed E-state index contributed by atoms with van der Waals surface area (Å²) in [6.07, 6.45) is 5.19. The summed E-state index contributed by atoms with van der Waals surface area (Å²) >= 11 is 6.58. The Bertz CT molecular complexity index is 1160. The van der Waals surface area contributed by atoms with Crippen LogP contribution in [0.5, 0.6) is 5.75 Å². The highest BCUT2D eigenvalue weighted by Crippen LogP contribution is 2.35. The van der Waals surface area contributed by atoms with Gasteiger partial charge in [0.1, 0.15) is 30.8 Å². The number of benzene rings is 2. The van der Waals surface area contributed by atoms with Crippen molar-refractivity contribution in [1.82, 2.24) is 24.2 Å². The van der Waals surface area contributed by atoms with Crippen LogP contribution in [0.25, 0.3) is 16.6 Å². The number of ether oxygens (including phenoxy) is 1. The monoisotopic (exact) mass is 411 g/mol. The molecule has 0 spiro atoms. The second kappa shape index (κ2) is 7.50. The van der Waals surface area contributed by atoms with E-state index in [0.717, 1.165) is 54.1 Å². The van der Waals surface area contributed by atoms with Gasteiger partial charge >= 0.3 is 0 Å². The summed E-state index contributed by atoms with van der Waals surface area (Å²) in [5.74, 6) is 0.493. The normalized spacial score (nSPS) is 14.6. The third-order valence-corrected chi connectivity index (χ3v) is 5.48. The molecule has 4 aromatic rings. The molecule has 0 fully saturated rings. The number of nitrogens with zero attached hydrogens (tertiary/aromatic N) is 5. The molecule has 0 bridgehead atoms. The minimum atomic E-state index is -0.244. The first-order chi connectivity index (χ1) is 14.2. The summed E-state index contributed by atoms with van der Waals surface area (Å²) in [6.45, 7) is 3.71. The highest BCUT2D eigenvalue weighted by atomic mass is 35.5. The lowest BCUT2D eigenvalue weighted by Gasteiger charge is -2.19. The highest BCUT2D eigenvalue weighted by Gasteiger charge is 2.20. The Morgan fingerprint density at radius 2 is 2.07 bits per heavy atom. The molecule has 148 valence electrons. The van der Waals surface area contributed by atoms with Crippen LogP contribution in [0.15, 0.2) is 55.2 Å². The Kier molecular flexibility index (Phi) is 4.69. The van der Waals surface area contributed by atoms with Gasteiger partial charge in [-0.2, -0.15) is 5.10 Å². The van der Waals surface area contributed by atoms with Crippen LogP contribution < -0.4 is 4.74 Å². The largest absolute Gasteiger partial charge is 0.490 e. The number of rotatable bonds is 4. The molecular weight excluding hydrogens is 393 g/mol. The lowest BCUT2D eigenvalue weighted by molar-refractivity contribution is 0.217. The minimum Gasteiger partial charge on any atom is -0.490 e. The van der Waals surface area contributed by atoms with E-state index < -0.39 is 0 Å². The molecule has 0 saturated heterocycles. The molecule has 0 amide bonds. The Morgan fingerprint density at radius 3 is 2.93 bits per heavy atom. The second-order valence-electron chi connectivity index (χ2n) is 7.09. The predicted molar refractivity (Wildman–Crippen MR) is 109 cm³/mol. The number of fused-ring (bicyclic) bond motifs is 2. The van der Waals surface area contributed by atoms with Gasteiger partial charge in [-0.3, -0.25) is 9.58 Å². The summed E-state index contributed by atoms with van der Waals surface area (Å²) in [6, 6.07) is 10.7. The molecule has 2 aromatic heterocycles. The molecule has 6 nitrogen and oxygen atoms in total. The molecule has 8 heteroatoms. The standard InChI is InChI=1S/C21H19ClFN5O/c22-19-11-18(28-4-3-15-9-17(23)1-2-20(15)28)10-16-12-26(7-8-29-21(16)19)5-6-27-14-24-13-25-27/h1-4,9-11,13-14H,5-8,12H2. The summed E-state index contributed by atoms with van der Waals surface area (Å²) in [7, 11) is 0. The average molecular weight is 412 g/mol. The lowest BCUT2D eigenvalue weighted by atomic mass is 10.1. The van der Waals surface area contributed by atoms with Crippen molar-refractivity contribution in [2.24, 2.45) is 0 Å². The highest BCUT2D eigenvalue weighted by molar-refractivity contribution is 6.32. The van der Waals surface area contributed by atoms with E-state index in [9.17, 15) is 4.39 Å². The van der Waals surface area contributed by atoms with Crippen molar-refractivity contribution in [3.8, 4) is 11.4 Å². The molecule has 0 saturated carbocycles. The zero-order chi connectivity index (χ0) is 19.8. The summed E-state index contributed by atoms with van der Waals surface area (Å²) in [5.41, 5.74) is 2.89. The molecule has 0 unspecified atom stereocenters. The fourth-order valence-electron chi connectivity index (χ4n) is 3.77. The van der Waals surface area contributed by atoms with Crippen LogP contribution in [0.3, 0.4) is 0 Å². The van der Waals surface area contributed by atoms with E-state index in [-0.39, 0.29) is 5.82 Å². The van der Waals surface area contributed by atoms with Gasteiger partial charge in [0.2, 0.25) is 0 Å². The van der Waals surface area contributed by atoms with Gasteiger partial charge in [-0.25, -0.2) is 9.37 Å². The van der Waals surface area contributed by atoms with Gasteiger partial charge in [0.05, 0.1) is 17.1 Å². The Hall–Kier alpha value is -2.90. The molecule has 2 aromatic carbocycles. The molecule has 1 aliphatic rings. The van der Waals surface area contributed by atoms with Crippen LogP contribution in [-0.2, 0) is 13.1 Å². The second-order valence-corrected chi connectivity index (χ2v) is 7.50. The lowest BCUT2D eigenvalue weighted by Crippen LogP contribution is -2.29. The first-order valence-corrected chi connectivity index (χ1v) is 9.82. The van der Waals surface area contributed by atoms with Crippen molar-refractivity contribution in [3.05, 3.63) is 71.7 Å². The quantitative estimate of drug-likeness (QED) is 0.511. The minimum absolute atomic E-state index is 0.244. The SMILES string of the molecule is Fc1ccc2c(ccn2-c2cc(Cl)c3c(c2)CN(CCn2cncn2)CCO3)c1. The van der Waals surface area contributed by atoms with Gasteiger partial charge < -0.3 is 9.30 Å². The molecule has 0 aliphatic carbocycles. The fraction of sp³-hybridized carbons (Fsp3) is 0.238. The van der Waals surface area contributed by atoms with Gasteiger partial charge in [0.15, 0.2) is 0 Å². The average Bonchev–Trinajstić information content (AvgIpc) is 3.32. The molecule has 0 N–H and O–H groups in total. The zero-order valence-corrected chi connectivity index (χ0v) is 16.4. The third-order valence-electron chi connectivity index (χ3n) is 5.20. The van der Waals surface area contributed by atoms with Gasteiger partial charge in [-0.15, -0.1) is 0 Å². The van der Waals surface area contributed by atoms with E-state index >= 15 is 0 Å². The summed E-state index contributed by atoms with van der Waals surface area (Å²) in [4.78, 5) is 6.30. The fourth-order valence-corrected chi connectivity index (χ4v) is 4.06. The molecular formula is C21H19ClFN5O. The Balaban J connectivity index is 1.46. The number of hydrogen-bond acceptors (Lipinski definition) is 4. The first kappa shape index (κ1) is 18.1. The Morgan fingerprint density at radius 1 is 1.14 bits per heavy atom. The topological polar surface area (TPSA) is 48.1 Å². The first-order valence-electron chi connectivity index (χ1n) is 9.44. The van der Waals surface area contributed by atoms with Crippen LogP contribution in [0.4, 0.5) is 4.39 Å². The van der Waals surface area contributed by atoms with E-state index in [4.69, 9.17) is 16.3 Å². The Labute approximate surface area is 172 Å². The van der Waals surface area contributed by atoms with Crippen molar-refractivity contribution < 1.29 is 9.13 Å². The van der Waals surface area contributed by atoms with Crippen molar-refractivity contribution in [1.29, 1.82) is 0 Å². The van der Waals surface area contributed by atoms with Gasteiger partial charge in [0.25, 0.3) is 0 Å². The molecule has 0 atom stereocenters. The maximum atomic E-state index is 13.5. The van der Waals surface area contributed by atoms with E-state index in [1.807, 2.05) is 27.6 Å². The number of halogens is 2. The van der Waals surface area contributed by atoms with Gasteiger partial charge in [0, 0.05) is 42.5 Å². The number of hydrogen-bond donors (Lipinski definition) is 0. The van der Waals surface area contributed by atoms with Crippen LogP contribution >= 0.6 is 11.6 Å². The van der Waals surface area contributed by atoms with Crippen LogP contribution in [0.2, 0.25) is 5.02 Å². The summed E-state index contributed by atoms with van der Waals surface area (Å²) in [5, 5.41) is 5.59. The molecule has 1 aliphatic heterocycles. The molecule has 0 radical (unpaired) electrons. The van der Waals surface area contributed by atoms with Gasteiger partial charge in [-0.05, 0) is 36.4 Å². The van der Waals surface area contributed by atoms with Crippen LogP contribution in [-0.4, -0.2) is 43.9 Å². The van der Waals surface area contributed by atoms with Crippen LogP contribution in [0.1, 0.15) is 5.56 Å². The predicted octanol–water partition coefficient (Wildman–Crippen LogP) is 3.91. The van der Waals surface area contributed by atoms with E-state index in [2.05, 4.69) is 21.0 Å². The van der Waals surface area contributed by atoms with E-state index in [1.165, 1.54) is 12.1 Å². The van der Waals surface area contributed by atoms with Crippen LogP contribution in [0, 0.1) is 5.82 Å². The maximum absolute atomic E-state index is 13.5. The van der Waals surface area contributed by atoms with E-state index in [1.54, 1.807) is 18.7 Å². The molecule has 5 rings (SSSR count). The van der Waals surface area contributed by atoms with E-state index in [0.29, 0.717) is 11.6 Å². The zero-order valence-electron chi connectivity index (χ0n) is 15.6. The number of aromatic nitrogens is 4. The van der Waals surface area contributed by atoms with Crippen molar-refractivity contribution in [3.63, 3.8) is 0 Å². The van der Waals surface area contributed by atoms with Crippen molar-refractivity contribution >= 4 is 22.5 Å². The molecule has 3 heterocycles. The van der Waals surface area contributed by atoms with Crippen molar-refractivity contribution in [2.75, 3.05) is 19.7 Å². The third kappa shape index (κ3) is 3.59. The van der Waals surface area contributed by atoms with Crippen molar-refractivity contribution in [2.45, 2.75) is 13.1 Å². The molecule has 29 heavy (non-hydrogen) atoms. The maximum Gasteiger partial charge on any atom is 0.142 e.